The van der Waals surface area contributed by atoms with Gasteiger partial charge in [0.15, 0.2) is 11.5 Å². The lowest BCUT2D eigenvalue weighted by Gasteiger charge is -2.12. The lowest BCUT2D eigenvalue weighted by molar-refractivity contribution is -0.116. The molecule has 0 aliphatic heterocycles. The number of methoxy groups -OCH3 is 2. The molecule has 1 fully saturated rings. The molecule has 0 bridgehead atoms. The maximum absolute atomic E-state index is 12.1. The van der Waals surface area contributed by atoms with Gasteiger partial charge in [-0.3, -0.25) is 9.59 Å². The fraction of sp³-hybridized carbons (Fsp3) is 0.273. The molecule has 0 atom stereocenters. The highest BCUT2D eigenvalue weighted by molar-refractivity contribution is 5.95. The minimum absolute atomic E-state index is 0.0528. The minimum atomic E-state index is -0.222. The van der Waals surface area contributed by atoms with Crippen LogP contribution in [0.25, 0.3) is 6.08 Å². The monoisotopic (exact) mass is 380 g/mol. The Balaban J connectivity index is 1.54. The van der Waals surface area contributed by atoms with Gasteiger partial charge in [-0.1, -0.05) is 24.3 Å². The van der Waals surface area contributed by atoms with Crippen LogP contribution in [0.15, 0.2) is 48.5 Å². The lowest BCUT2D eigenvalue weighted by Crippen LogP contribution is -2.25. The molecule has 1 aliphatic rings. The van der Waals surface area contributed by atoms with Crippen molar-refractivity contribution in [3.05, 3.63) is 65.2 Å². The van der Waals surface area contributed by atoms with Gasteiger partial charge >= 0.3 is 0 Å². The van der Waals surface area contributed by atoms with Crippen LogP contribution >= 0.6 is 0 Å². The van der Waals surface area contributed by atoms with Crippen LogP contribution in [-0.2, 0) is 11.3 Å². The molecule has 2 amide bonds. The summed E-state index contributed by atoms with van der Waals surface area (Å²) in [4.78, 5) is 24.1. The van der Waals surface area contributed by atoms with Crippen LogP contribution in [0.4, 0.5) is 0 Å². The number of benzene rings is 2. The molecular weight excluding hydrogens is 356 g/mol. The van der Waals surface area contributed by atoms with E-state index in [1.807, 2.05) is 24.3 Å². The van der Waals surface area contributed by atoms with Crippen LogP contribution in [0.1, 0.15) is 34.3 Å². The van der Waals surface area contributed by atoms with Gasteiger partial charge in [0, 0.05) is 29.8 Å². The van der Waals surface area contributed by atoms with E-state index in [4.69, 9.17) is 9.47 Å². The highest BCUT2D eigenvalue weighted by Crippen LogP contribution is 2.30. The molecule has 28 heavy (non-hydrogen) atoms. The van der Waals surface area contributed by atoms with E-state index in [0.29, 0.717) is 29.6 Å². The Morgan fingerprint density at radius 3 is 2.46 bits per heavy atom. The summed E-state index contributed by atoms with van der Waals surface area (Å²) in [7, 11) is 3.14. The zero-order valence-electron chi connectivity index (χ0n) is 16.0. The quantitative estimate of drug-likeness (QED) is 0.691. The third-order valence-corrected chi connectivity index (χ3v) is 4.45. The molecule has 6 nitrogen and oxygen atoms in total. The standard InChI is InChI=1S/C22H24N2O4/c1-27-19-5-3-4-17(21(19)28-2)14-23-20(25)13-8-15-6-9-16(10-7-15)22(26)24-18-11-12-18/h3-10,13,18H,11-12,14H2,1-2H3,(H,23,25)(H,24,26)/b13-8+. The van der Waals surface area contributed by atoms with E-state index < -0.39 is 0 Å². The molecule has 2 aromatic carbocycles. The number of rotatable bonds is 8. The summed E-state index contributed by atoms with van der Waals surface area (Å²) in [5.41, 5.74) is 2.30. The Bertz CT molecular complexity index is 871. The largest absolute Gasteiger partial charge is 0.493 e. The van der Waals surface area contributed by atoms with E-state index in [1.54, 1.807) is 38.5 Å². The Hall–Kier alpha value is -3.28. The van der Waals surface area contributed by atoms with E-state index in [0.717, 1.165) is 24.0 Å². The smallest absolute Gasteiger partial charge is 0.251 e. The molecule has 0 heterocycles. The second-order valence-corrected chi connectivity index (χ2v) is 6.57. The fourth-order valence-corrected chi connectivity index (χ4v) is 2.75. The van der Waals surface area contributed by atoms with Crippen molar-refractivity contribution in [1.29, 1.82) is 0 Å². The second kappa shape index (κ2) is 9.08. The van der Waals surface area contributed by atoms with Crippen molar-refractivity contribution in [2.75, 3.05) is 14.2 Å². The number of amides is 2. The van der Waals surface area contributed by atoms with Crippen LogP contribution < -0.4 is 20.1 Å². The van der Waals surface area contributed by atoms with Crippen LogP contribution in [0, 0.1) is 0 Å². The number of nitrogens with one attached hydrogen (secondary N) is 2. The lowest BCUT2D eigenvalue weighted by atomic mass is 10.1. The molecule has 0 radical (unpaired) electrons. The molecule has 1 saturated carbocycles. The third-order valence-electron chi connectivity index (χ3n) is 4.45. The van der Waals surface area contributed by atoms with Gasteiger partial charge in [-0.15, -0.1) is 0 Å². The average Bonchev–Trinajstić information content (AvgIpc) is 3.54. The molecule has 3 rings (SSSR count). The topological polar surface area (TPSA) is 76.7 Å². The molecule has 0 aromatic heterocycles. The Kier molecular flexibility index (Phi) is 6.32. The van der Waals surface area contributed by atoms with Crippen LogP contribution in [-0.4, -0.2) is 32.1 Å². The molecule has 1 aliphatic carbocycles. The number of hydrogen-bond donors (Lipinski definition) is 2. The van der Waals surface area contributed by atoms with Gasteiger partial charge in [0.05, 0.1) is 14.2 Å². The SMILES string of the molecule is COc1cccc(CNC(=O)/C=C/c2ccc(C(=O)NC3CC3)cc2)c1OC. The molecule has 0 saturated heterocycles. The predicted molar refractivity (Wildman–Crippen MR) is 107 cm³/mol. The van der Waals surface area contributed by atoms with Crippen molar-refractivity contribution in [3.8, 4) is 11.5 Å². The molecule has 6 heteroatoms. The normalized spacial score (nSPS) is 13.2. The number of carbonyl (C=O) groups is 2. The zero-order chi connectivity index (χ0) is 19.9. The van der Waals surface area contributed by atoms with E-state index in [2.05, 4.69) is 10.6 Å². The first-order valence-corrected chi connectivity index (χ1v) is 9.17. The Labute approximate surface area is 164 Å². The first-order valence-electron chi connectivity index (χ1n) is 9.17. The Morgan fingerprint density at radius 2 is 1.82 bits per heavy atom. The molecular formula is C22H24N2O4. The average molecular weight is 380 g/mol. The summed E-state index contributed by atoms with van der Waals surface area (Å²) >= 11 is 0. The molecule has 2 N–H and O–H groups in total. The van der Waals surface area contributed by atoms with Crippen molar-refractivity contribution in [1.82, 2.24) is 10.6 Å². The van der Waals surface area contributed by atoms with Crippen molar-refractivity contribution in [3.63, 3.8) is 0 Å². The molecule has 146 valence electrons. The second-order valence-electron chi connectivity index (χ2n) is 6.57. The maximum atomic E-state index is 12.1. The number of hydrogen-bond acceptors (Lipinski definition) is 4. The van der Waals surface area contributed by atoms with Crippen molar-refractivity contribution in [2.24, 2.45) is 0 Å². The number of carbonyl (C=O) groups excluding carboxylic acids is 2. The fourth-order valence-electron chi connectivity index (χ4n) is 2.75. The van der Waals surface area contributed by atoms with E-state index in [-0.39, 0.29) is 11.8 Å². The summed E-state index contributed by atoms with van der Waals surface area (Å²) < 4.78 is 10.6. The molecule has 2 aromatic rings. The number of ether oxygens (including phenoxy) is 2. The van der Waals surface area contributed by atoms with Gasteiger partial charge in [-0.2, -0.15) is 0 Å². The summed E-state index contributed by atoms with van der Waals surface area (Å²) in [5, 5.41) is 5.78. The minimum Gasteiger partial charge on any atom is -0.493 e. The maximum Gasteiger partial charge on any atom is 0.251 e. The van der Waals surface area contributed by atoms with Crippen LogP contribution in [0.2, 0.25) is 0 Å². The van der Waals surface area contributed by atoms with E-state index in [1.165, 1.54) is 6.08 Å². The summed E-state index contributed by atoms with van der Waals surface area (Å²) in [5.74, 6) is 0.952. The van der Waals surface area contributed by atoms with Crippen molar-refractivity contribution >= 4 is 17.9 Å². The highest BCUT2D eigenvalue weighted by Gasteiger charge is 2.23. The first-order chi connectivity index (χ1) is 13.6. The van der Waals surface area contributed by atoms with Gasteiger partial charge in [0.2, 0.25) is 5.91 Å². The Morgan fingerprint density at radius 1 is 1.07 bits per heavy atom. The summed E-state index contributed by atoms with van der Waals surface area (Å²) in [6.45, 7) is 0.323. The van der Waals surface area contributed by atoms with E-state index >= 15 is 0 Å². The van der Waals surface area contributed by atoms with Gasteiger partial charge in [0.25, 0.3) is 5.91 Å². The van der Waals surface area contributed by atoms with E-state index in [9.17, 15) is 9.59 Å². The summed E-state index contributed by atoms with van der Waals surface area (Å²) in [6.07, 6.45) is 5.29. The first kappa shape index (κ1) is 19.5. The molecule has 0 unspecified atom stereocenters. The van der Waals surface area contributed by atoms with Crippen molar-refractivity contribution < 1.29 is 19.1 Å². The van der Waals surface area contributed by atoms with Gasteiger partial charge in [-0.25, -0.2) is 0 Å². The predicted octanol–water partition coefficient (Wildman–Crippen LogP) is 2.93. The summed E-state index contributed by atoms with van der Waals surface area (Å²) in [6, 6.07) is 13.0. The van der Waals surface area contributed by atoms with Crippen LogP contribution in [0.3, 0.4) is 0 Å². The third kappa shape index (κ3) is 5.13. The number of para-hydroxylation sites is 1. The highest BCUT2D eigenvalue weighted by atomic mass is 16.5. The van der Waals surface area contributed by atoms with Crippen LogP contribution in [0.5, 0.6) is 11.5 Å². The van der Waals surface area contributed by atoms with Gasteiger partial charge in [0.1, 0.15) is 0 Å². The van der Waals surface area contributed by atoms with Gasteiger partial charge in [-0.05, 0) is 42.7 Å². The van der Waals surface area contributed by atoms with Gasteiger partial charge < -0.3 is 20.1 Å². The molecule has 0 spiro atoms. The van der Waals surface area contributed by atoms with Crippen molar-refractivity contribution in [2.45, 2.75) is 25.4 Å². The zero-order valence-corrected chi connectivity index (χ0v) is 16.0.